The first kappa shape index (κ1) is 20.7. The zero-order valence-corrected chi connectivity index (χ0v) is 16.5. The molecule has 1 aromatic heterocycles. The van der Waals surface area contributed by atoms with E-state index in [0.717, 1.165) is 4.88 Å². The van der Waals surface area contributed by atoms with Crippen LogP contribution in [0.25, 0.3) is 0 Å². The Morgan fingerprint density at radius 3 is 2.63 bits per heavy atom. The van der Waals surface area contributed by atoms with E-state index in [1.807, 2.05) is 36.5 Å². The minimum absolute atomic E-state index is 0.0300. The van der Waals surface area contributed by atoms with Gasteiger partial charge >= 0.3 is 0 Å². The average molecular weight is 393 g/mol. The molecule has 0 bridgehead atoms. The SMILES string of the molecule is CCOc1cc([N+](=O)[O-])c(C(=O)NCC(c2cccs2)N(C)C)cc1OC. The van der Waals surface area contributed by atoms with E-state index in [1.165, 1.54) is 19.2 Å². The lowest BCUT2D eigenvalue weighted by Crippen LogP contribution is -2.34. The van der Waals surface area contributed by atoms with Crippen LogP contribution in [0.4, 0.5) is 5.69 Å². The largest absolute Gasteiger partial charge is 0.493 e. The number of methoxy groups -OCH3 is 1. The third kappa shape index (κ3) is 4.95. The van der Waals surface area contributed by atoms with Crippen LogP contribution in [0, 0.1) is 10.1 Å². The summed E-state index contributed by atoms with van der Waals surface area (Å²) in [7, 11) is 5.25. The van der Waals surface area contributed by atoms with E-state index < -0.39 is 10.8 Å². The van der Waals surface area contributed by atoms with Gasteiger partial charge in [-0.25, -0.2) is 0 Å². The molecule has 0 saturated heterocycles. The second-order valence-corrected chi connectivity index (χ2v) is 6.89. The van der Waals surface area contributed by atoms with Crippen molar-refractivity contribution in [1.29, 1.82) is 0 Å². The average Bonchev–Trinajstić information content (AvgIpc) is 3.15. The van der Waals surface area contributed by atoms with Gasteiger partial charge in [-0.1, -0.05) is 6.07 Å². The Morgan fingerprint density at radius 2 is 2.11 bits per heavy atom. The maximum atomic E-state index is 12.7. The van der Waals surface area contributed by atoms with E-state index in [-0.39, 0.29) is 28.8 Å². The quantitative estimate of drug-likeness (QED) is 0.520. The van der Waals surface area contributed by atoms with Gasteiger partial charge in [0.05, 0.1) is 30.7 Å². The molecule has 2 rings (SSSR count). The Morgan fingerprint density at radius 1 is 1.37 bits per heavy atom. The van der Waals surface area contributed by atoms with Crippen LogP contribution in [0.5, 0.6) is 11.5 Å². The maximum Gasteiger partial charge on any atom is 0.286 e. The minimum Gasteiger partial charge on any atom is -0.493 e. The van der Waals surface area contributed by atoms with Crippen molar-refractivity contribution in [1.82, 2.24) is 10.2 Å². The molecule has 146 valence electrons. The number of rotatable bonds is 9. The number of nitro groups is 1. The normalized spacial score (nSPS) is 11.9. The molecule has 0 aliphatic rings. The molecule has 0 aliphatic heterocycles. The van der Waals surface area contributed by atoms with E-state index in [0.29, 0.717) is 13.2 Å². The lowest BCUT2D eigenvalue weighted by Gasteiger charge is -2.23. The molecule has 1 amide bonds. The van der Waals surface area contributed by atoms with E-state index in [9.17, 15) is 14.9 Å². The van der Waals surface area contributed by atoms with Crippen LogP contribution >= 0.6 is 11.3 Å². The molecule has 0 spiro atoms. The van der Waals surface area contributed by atoms with Gasteiger partial charge in [0.1, 0.15) is 5.56 Å². The molecule has 1 aromatic carbocycles. The zero-order chi connectivity index (χ0) is 20.0. The fraction of sp³-hybridized carbons (Fsp3) is 0.389. The highest BCUT2D eigenvalue weighted by Gasteiger charge is 2.26. The van der Waals surface area contributed by atoms with Crippen LogP contribution < -0.4 is 14.8 Å². The minimum atomic E-state index is -0.598. The van der Waals surface area contributed by atoms with Crippen molar-refractivity contribution >= 4 is 22.9 Å². The van der Waals surface area contributed by atoms with Crippen molar-refractivity contribution in [3.63, 3.8) is 0 Å². The fourth-order valence-electron chi connectivity index (χ4n) is 2.61. The second kappa shape index (κ2) is 9.33. The second-order valence-electron chi connectivity index (χ2n) is 5.92. The number of nitro benzene ring substituents is 1. The first-order chi connectivity index (χ1) is 12.9. The number of carbonyl (C=O) groups excluding carboxylic acids is 1. The molecule has 27 heavy (non-hydrogen) atoms. The van der Waals surface area contributed by atoms with Crippen LogP contribution in [0.15, 0.2) is 29.6 Å². The van der Waals surface area contributed by atoms with Gasteiger partial charge in [0.15, 0.2) is 11.5 Å². The predicted molar refractivity (Wildman–Crippen MR) is 104 cm³/mol. The van der Waals surface area contributed by atoms with Gasteiger partial charge in [0.2, 0.25) is 0 Å². The van der Waals surface area contributed by atoms with Crippen molar-refractivity contribution in [2.75, 3.05) is 34.4 Å². The Balaban J connectivity index is 2.27. The van der Waals surface area contributed by atoms with Crippen LogP contribution in [-0.2, 0) is 0 Å². The summed E-state index contributed by atoms with van der Waals surface area (Å²) in [5, 5.41) is 16.2. The number of carbonyl (C=O) groups is 1. The van der Waals surface area contributed by atoms with Gasteiger partial charge in [0.25, 0.3) is 11.6 Å². The summed E-state index contributed by atoms with van der Waals surface area (Å²) in [6, 6.07) is 6.47. The van der Waals surface area contributed by atoms with Gasteiger partial charge in [0, 0.05) is 17.5 Å². The Labute approximate surface area is 161 Å². The summed E-state index contributed by atoms with van der Waals surface area (Å²) in [5.74, 6) is -0.0329. The fourth-order valence-corrected chi connectivity index (χ4v) is 3.54. The molecule has 9 heteroatoms. The van der Waals surface area contributed by atoms with Gasteiger partial charge in [-0.15, -0.1) is 11.3 Å². The molecule has 0 fully saturated rings. The topological polar surface area (TPSA) is 93.9 Å². The zero-order valence-electron chi connectivity index (χ0n) is 15.7. The monoisotopic (exact) mass is 393 g/mol. The Kier molecular flexibility index (Phi) is 7.14. The molecule has 0 saturated carbocycles. The van der Waals surface area contributed by atoms with E-state index in [2.05, 4.69) is 5.32 Å². The van der Waals surface area contributed by atoms with Crippen molar-refractivity contribution in [2.24, 2.45) is 0 Å². The van der Waals surface area contributed by atoms with Gasteiger partial charge in [-0.05, 0) is 32.5 Å². The number of hydrogen-bond donors (Lipinski definition) is 1. The van der Waals surface area contributed by atoms with Gasteiger partial charge in [-0.3, -0.25) is 14.9 Å². The molecule has 8 nitrogen and oxygen atoms in total. The van der Waals surface area contributed by atoms with Crippen LogP contribution in [0.2, 0.25) is 0 Å². The van der Waals surface area contributed by atoms with E-state index >= 15 is 0 Å². The van der Waals surface area contributed by atoms with Crippen LogP contribution in [0.3, 0.4) is 0 Å². The first-order valence-corrected chi connectivity index (χ1v) is 9.24. The van der Waals surface area contributed by atoms with E-state index in [1.54, 1.807) is 18.3 Å². The third-order valence-electron chi connectivity index (χ3n) is 3.97. The summed E-state index contributed by atoms with van der Waals surface area (Å²) in [6.45, 7) is 2.40. The smallest absolute Gasteiger partial charge is 0.286 e. The Hall–Kier alpha value is -2.65. The van der Waals surface area contributed by atoms with E-state index in [4.69, 9.17) is 9.47 Å². The van der Waals surface area contributed by atoms with Gasteiger partial charge < -0.3 is 19.7 Å². The molecule has 1 N–H and O–H groups in total. The molecule has 2 aromatic rings. The highest BCUT2D eigenvalue weighted by Crippen LogP contribution is 2.35. The van der Waals surface area contributed by atoms with Crippen molar-refractivity contribution in [2.45, 2.75) is 13.0 Å². The number of hydrogen-bond acceptors (Lipinski definition) is 7. The number of thiophene rings is 1. The summed E-state index contributed by atoms with van der Waals surface area (Å²) in [5.41, 5.74) is -0.390. The number of nitrogens with zero attached hydrogens (tertiary/aromatic N) is 2. The molecule has 1 atom stereocenters. The lowest BCUT2D eigenvalue weighted by atomic mass is 10.1. The van der Waals surface area contributed by atoms with Gasteiger partial charge in [-0.2, -0.15) is 0 Å². The van der Waals surface area contributed by atoms with Crippen molar-refractivity contribution in [3.8, 4) is 11.5 Å². The highest BCUT2D eigenvalue weighted by molar-refractivity contribution is 7.10. The van der Waals surface area contributed by atoms with Crippen molar-refractivity contribution in [3.05, 3.63) is 50.2 Å². The number of nitrogens with one attached hydrogen (secondary N) is 1. The highest BCUT2D eigenvalue weighted by atomic mass is 32.1. The van der Waals surface area contributed by atoms with Crippen molar-refractivity contribution < 1.29 is 19.2 Å². The maximum absolute atomic E-state index is 12.7. The Bertz CT molecular complexity index is 793. The summed E-state index contributed by atoms with van der Waals surface area (Å²) in [4.78, 5) is 26.6. The molecular formula is C18H23N3O5S. The molecular weight excluding hydrogens is 370 g/mol. The molecule has 1 heterocycles. The standard InChI is InChI=1S/C18H23N3O5S/c1-5-26-16-10-13(21(23)24)12(9-15(16)25-4)18(22)19-11-14(20(2)3)17-7-6-8-27-17/h6-10,14H,5,11H2,1-4H3,(H,19,22). The summed E-state index contributed by atoms with van der Waals surface area (Å²) >= 11 is 1.59. The molecule has 1 unspecified atom stereocenters. The van der Waals surface area contributed by atoms with Crippen LogP contribution in [-0.4, -0.2) is 50.1 Å². The lowest BCUT2D eigenvalue weighted by molar-refractivity contribution is -0.385. The number of likely N-dealkylation sites (N-methyl/N-ethyl adjacent to an activating group) is 1. The number of benzene rings is 1. The number of amides is 1. The molecule has 0 radical (unpaired) electrons. The number of ether oxygens (including phenoxy) is 2. The molecule has 0 aliphatic carbocycles. The predicted octanol–water partition coefficient (Wildman–Crippen LogP) is 3.10. The van der Waals surface area contributed by atoms with Crippen LogP contribution in [0.1, 0.15) is 28.2 Å². The summed E-state index contributed by atoms with van der Waals surface area (Å²) in [6.07, 6.45) is 0. The summed E-state index contributed by atoms with van der Waals surface area (Å²) < 4.78 is 10.6. The first-order valence-electron chi connectivity index (χ1n) is 8.36. The third-order valence-corrected chi connectivity index (χ3v) is 4.95.